The van der Waals surface area contributed by atoms with Crippen molar-refractivity contribution in [1.29, 1.82) is 0 Å². The van der Waals surface area contributed by atoms with Gasteiger partial charge in [0.05, 0.1) is 0 Å². The number of aliphatic hydroxyl groups is 1. The van der Waals surface area contributed by atoms with Crippen LogP contribution in [0, 0.1) is 0 Å². The van der Waals surface area contributed by atoms with E-state index in [-0.39, 0.29) is 0 Å². The van der Waals surface area contributed by atoms with Crippen molar-refractivity contribution in [1.82, 2.24) is 4.90 Å². The Kier molecular flexibility index (Phi) is 7.38. The summed E-state index contributed by atoms with van der Waals surface area (Å²) in [6.45, 7) is 5.46. The predicted molar refractivity (Wildman–Crippen MR) is 96.2 cm³/mol. The van der Waals surface area contributed by atoms with Crippen LogP contribution < -0.4 is 4.74 Å². The summed E-state index contributed by atoms with van der Waals surface area (Å²) in [5.74, 6) is 1.40. The van der Waals surface area contributed by atoms with Crippen LogP contribution in [-0.4, -0.2) is 42.4 Å². The first-order valence-corrected chi connectivity index (χ1v) is 9.21. The van der Waals surface area contributed by atoms with E-state index in [1.165, 1.54) is 37.7 Å². The number of aliphatic hydroxyl groups excluding tert-OH is 1. The minimum absolute atomic E-state index is 0.366. The van der Waals surface area contributed by atoms with Crippen molar-refractivity contribution in [2.75, 3.05) is 20.2 Å². The number of hydrogen-bond acceptors (Lipinski definition) is 3. The summed E-state index contributed by atoms with van der Waals surface area (Å²) in [6.07, 6.45) is 7.19. The van der Waals surface area contributed by atoms with Gasteiger partial charge in [-0.1, -0.05) is 51.3 Å². The third-order valence-corrected chi connectivity index (χ3v) is 5.19. The summed E-state index contributed by atoms with van der Waals surface area (Å²) in [6, 6.07) is 8.83. The molecule has 0 amide bonds. The molecule has 0 bridgehead atoms. The van der Waals surface area contributed by atoms with Gasteiger partial charge in [-0.25, -0.2) is 0 Å². The fourth-order valence-corrected chi connectivity index (χ4v) is 3.48. The fraction of sp³-hybridized carbons (Fsp3) is 0.700. The zero-order chi connectivity index (χ0) is 16.7. The molecule has 130 valence electrons. The summed E-state index contributed by atoms with van der Waals surface area (Å²) in [5.41, 5.74) is 1.24. The molecule has 0 heterocycles. The topological polar surface area (TPSA) is 32.7 Å². The predicted octanol–water partition coefficient (Wildman–Crippen LogP) is 4.20. The molecule has 1 saturated carbocycles. The number of ether oxygens (including phenoxy) is 1. The Bertz CT molecular complexity index is 457. The Morgan fingerprint density at radius 2 is 1.91 bits per heavy atom. The molecule has 1 aliphatic carbocycles. The second-order valence-electron chi connectivity index (χ2n) is 7.04. The second kappa shape index (κ2) is 9.29. The fourth-order valence-electron chi connectivity index (χ4n) is 3.48. The minimum atomic E-state index is -0.438. The molecule has 2 rings (SSSR count). The van der Waals surface area contributed by atoms with Crippen molar-refractivity contribution in [3.63, 3.8) is 0 Å². The molecule has 1 N–H and O–H groups in total. The third kappa shape index (κ3) is 5.50. The molecule has 23 heavy (non-hydrogen) atoms. The molecule has 3 heteroatoms. The first kappa shape index (κ1) is 18.3. The maximum atomic E-state index is 10.3. The van der Waals surface area contributed by atoms with Gasteiger partial charge in [0, 0.05) is 12.6 Å². The molecule has 0 saturated heterocycles. The van der Waals surface area contributed by atoms with Crippen LogP contribution in [0.5, 0.6) is 5.75 Å². The van der Waals surface area contributed by atoms with Crippen molar-refractivity contribution >= 4 is 0 Å². The lowest BCUT2D eigenvalue weighted by atomic mass is 9.94. The van der Waals surface area contributed by atoms with Crippen molar-refractivity contribution in [3.05, 3.63) is 29.8 Å². The Morgan fingerprint density at radius 3 is 2.61 bits per heavy atom. The molecule has 1 aromatic carbocycles. The molecule has 0 aliphatic heterocycles. The van der Waals surface area contributed by atoms with E-state index in [2.05, 4.69) is 37.9 Å². The lowest BCUT2D eigenvalue weighted by Gasteiger charge is -2.32. The monoisotopic (exact) mass is 319 g/mol. The highest BCUT2D eigenvalue weighted by Crippen LogP contribution is 2.28. The first-order chi connectivity index (χ1) is 11.1. The molecular weight excluding hydrogens is 286 g/mol. The number of likely N-dealkylation sites (N-methyl/N-ethyl adjacent to an activating group) is 1. The molecule has 1 aliphatic rings. The van der Waals surface area contributed by atoms with Gasteiger partial charge in [-0.3, -0.25) is 0 Å². The maximum absolute atomic E-state index is 10.3. The lowest BCUT2D eigenvalue weighted by Crippen LogP contribution is -2.40. The number of hydrogen-bond donors (Lipinski definition) is 1. The highest BCUT2D eigenvalue weighted by molar-refractivity contribution is 5.35. The molecule has 1 aromatic rings. The molecule has 0 unspecified atom stereocenters. The van der Waals surface area contributed by atoms with Crippen LogP contribution in [-0.2, 0) is 0 Å². The summed E-state index contributed by atoms with van der Waals surface area (Å²) < 4.78 is 5.93. The van der Waals surface area contributed by atoms with Crippen molar-refractivity contribution in [2.45, 2.75) is 70.4 Å². The Hall–Kier alpha value is -1.06. The Labute approximate surface area is 141 Å². The molecule has 0 spiro atoms. The van der Waals surface area contributed by atoms with Crippen molar-refractivity contribution in [2.24, 2.45) is 0 Å². The van der Waals surface area contributed by atoms with E-state index in [1.807, 2.05) is 12.1 Å². The van der Waals surface area contributed by atoms with Crippen LogP contribution in [0.3, 0.4) is 0 Å². The van der Waals surface area contributed by atoms with Crippen LogP contribution in [0.25, 0.3) is 0 Å². The Morgan fingerprint density at radius 1 is 1.22 bits per heavy atom. The minimum Gasteiger partial charge on any atom is -0.491 e. The smallest absolute Gasteiger partial charge is 0.122 e. The normalized spacial score (nSPS) is 18.8. The van der Waals surface area contributed by atoms with E-state index in [0.717, 1.165) is 12.2 Å². The van der Waals surface area contributed by atoms with Gasteiger partial charge in [0.15, 0.2) is 0 Å². The van der Waals surface area contributed by atoms with Gasteiger partial charge in [0.2, 0.25) is 0 Å². The van der Waals surface area contributed by atoms with E-state index < -0.39 is 6.10 Å². The van der Waals surface area contributed by atoms with E-state index in [9.17, 15) is 5.11 Å². The van der Waals surface area contributed by atoms with Crippen LogP contribution in [0.2, 0.25) is 0 Å². The summed E-state index contributed by atoms with van der Waals surface area (Å²) in [5, 5.41) is 10.3. The average Bonchev–Trinajstić information content (AvgIpc) is 2.60. The quantitative estimate of drug-likeness (QED) is 0.779. The third-order valence-electron chi connectivity index (χ3n) is 5.19. The van der Waals surface area contributed by atoms with Gasteiger partial charge in [-0.05, 0) is 43.9 Å². The zero-order valence-corrected chi connectivity index (χ0v) is 15.0. The molecular formula is C20H33NO2. The maximum Gasteiger partial charge on any atom is 0.122 e. The highest BCUT2D eigenvalue weighted by Gasteiger charge is 2.20. The van der Waals surface area contributed by atoms with E-state index >= 15 is 0 Å². The SMILES string of the molecule is CC[C@H](C)c1ccccc1OC[C@@H](O)CN(C)C1CCCCC1. The van der Waals surface area contributed by atoms with Gasteiger partial charge in [-0.2, -0.15) is 0 Å². The Balaban J connectivity index is 1.83. The molecule has 1 fully saturated rings. The van der Waals surface area contributed by atoms with Gasteiger partial charge < -0.3 is 14.7 Å². The van der Waals surface area contributed by atoms with E-state index in [1.54, 1.807) is 0 Å². The lowest BCUT2D eigenvalue weighted by molar-refractivity contribution is 0.0558. The van der Waals surface area contributed by atoms with Gasteiger partial charge in [0.1, 0.15) is 18.5 Å². The average molecular weight is 319 g/mol. The largest absolute Gasteiger partial charge is 0.491 e. The number of benzene rings is 1. The van der Waals surface area contributed by atoms with Gasteiger partial charge >= 0.3 is 0 Å². The van der Waals surface area contributed by atoms with Crippen molar-refractivity contribution in [3.8, 4) is 5.75 Å². The van der Waals surface area contributed by atoms with Crippen LogP contribution >= 0.6 is 0 Å². The molecule has 3 nitrogen and oxygen atoms in total. The number of nitrogens with zero attached hydrogens (tertiary/aromatic N) is 1. The van der Waals surface area contributed by atoms with Gasteiger partial charge in [-0.15, -0.1) is 0 Å². The highest BCUT2D eigenvalue weighted by atomic mass is 16.5. The van der Waals surface area contributed by atoms with Gasteiger partial charge in [0.25, 0.3) is 0 Å². The van der Waals surface area contributed by atoms with E-state index in [0.29, 0.717) is 25.1 Å². The molecule has 0 radical (unpaired) electrons. The van der Waals surface area contributed by atoms with Crippen molar-refractivity contribution < 1.29 is 9.84 Å². The first-order valence-electron chi connectivity index (χ1n) is 9.21. The van der Waals surface area contributed by atoms with Crippen LogP contribution in [0.4, 0.5) is 0 Å². The second-order valence-corrected chi connectivity index (χ2v) is 7.04. The summed E-state index contributed by atoms with van der Waals surface area (Å²) in [7, 11) is 2.13. The summed E-state index contributed by atoms with van der Waals surface area (Å²) >= 11 is 0. The van der Waals surface area contributed by atoms with Crippen LogP contribution in [0.15, 0.2) is 24.3 Å². The summed E-state index contributed by atoms with van der Waals surface area (Å²) in [4.78, 5) is 2.31. The number of rotatable bonds is 8. The standard InChI is InChI=1S/C20H33NO2/c1-4-16(2)19-12-8-9-13-20(19)23-15-18(22)14-21(3)17-10-6-5-7-11-17/h8-9,12-13,16-18,22H,4-7,10-11,14-15H2,1-3H3/t16-,18-/m0/s1. The molecule has 0 aromatic heterocycles. The molecule has 2 atom stereocenters. The zero-order valence-electron chi connectivity index (χ0n) is 15.0. The van der Waals surface area contributed by atoms with E-state index in [4.69, 9.17) is 4.74 Å². The number of para-hydroxylation sites is 1. The van der Waals surface area contributed by atoms with Crippen LogP contribution in [0.1, 0.15) is 63.9 Å².